The van der Waals surface area contributed by atoms with Crippen LogP contribution in [0.1, 0.15) is 29.2 Å². The molecule has 3 aromatic rings. The van der Waals surface area contributed by atoms with Gasteiger partial charge in [0.15, 0.2) is 0 Å². The van der Waals surface area contributed by atoms with E-state index < -0.39 is 0 Å². The van der Waals surface area contributed by atoms with Crippen molar-refractivity contribution in [1.82, 2.24) is 4.98 Å². The van der Waals surface area contributed by atoms with Gasteiger partial charge in [0.05, 0.1) is 11.6 Å². The molecule has 0 saturated carbocycles. The molecule has 1 atom stereocenters. The number of nitrogens with one attached hydrogen (secondary N) is 1. The number of benzene rings is 2. The molecule has 3 heteroatoms. The lowest BCUT2D eigenvalue weighted by atomic mass is 10.1. The van der Waals surface area contributed by atoms with Crippen molar-refractivity contribution in [2.45, 2.75) is 25.4 Å². The molecule has 0 aliphatic heterocycles. The van der Waals surface area contributed by atoms with Crippen molar-refractivity contribution in [3.05, 3.63) is 71.3 Å². The third kappa shape index (κ3) is 2.34. The Labute approximate surface area is 130 Å². The molecule has 1 aliphatic carbocycles. The zero-order valence-corrected chi connectivity index (χ0v) is 12.4. The van der Waals surface area contributed by atoms with Crippen molar-refractivity contribution in [1.29, 1.82) is 0 Å². The lowest BCUT2D eigenvalue weighted by Crippen LogP contribution is -2.08. The second-order valence-electron chi connectivity index (χ2n) is 5.86. The van der Waals surface area contributed by atoms with Crippen LogP contribution in [0.15, 0.2) is 54.6 Å². The van der Waals surface area contributed by atoms with E-state index >= 15 is 0 Å². The molecule has 1 heterocycles. The summed E-state index contributed by atoms with van der Waals surface area (Å²) in [5.41, 5.74) is 10.7. The molecule has 1 aromatic heterocycles. The highest BCUT2D eigenvalue weighted by atomic mass is 15.0. The zero-order valence-electron chi connectivity index (χ0n) is 12.4. The first-order valence-corrected chi connectivity index (χ1v) is 7.77. The van der Waals surface area contributed by atoms with Crippen LogP contribution in [-0.4, -0.2) is 4.98 Å². The summed E-state index contributed by atoms with van der Waals surface area (Å²) in [6.07, 6.45) is 2.27. The highest BCUT2D eigenvalue weighted by Crippen LogP contribution is 2.33. The molecule has 0 radical (unpaired) electrons. The van der Waals surface area contributed by atoms with Gasteiger partial charge in [-0.2, -0.15) is 0 Å². The normalized spacial score (nSPS) is 16.7. The van der Waals surface area contributed by atoms with E-state index in [9.17, 15) is 0 Å². The average molecular weight is 289 g/mol. The standard InChI is InChI=1S/C19H19N3/c20-12-13-5-8-17-15(11-13)7-10-19(21-17)22-18-9-6-14-3-1-2-4-16(14)18/h1-5,7-8,10-11,18H,6,9,12,20H2,(H,21,22). The van der Waals surface area contributed by atoms with Gasteiger partial charge in [0.1, 0.15) is 5.82 Å². The highest BCUT2D eigenvalue weighted by Gasteiger charge is 2.21. The monoisotopic (exact) mass is 289 g/mol. The molecule has 0 spiro atoms. The molecule has 1 aliphatic rings. The molecule has 0 saturated heterocycles. The van der Waals surface area contributed by atoms with Gasteiger partial charge in [0, 0.05) is 11.9 Å². The fourth-order valence-corrected chi connectivity index (χ4v) is 3.27. The fraction of sp³-hybridized carbons (Fsp3) is 0.211. The summed E-state index contributed by atoms with van der Waals surface area (Å²) in [5.74, 6) is 0.940. The van der Waals surface area contributed by atoms with Crippen LogP contribution in [0.3, 0.4) is 0 Å². The van der Waals surface area contributed by atoms with E-state index in [1.165, 1.54) is 11.1 Å². The van der Waals surface area contributed by atoms with Crippen LogP contribution in [0.25, 0.3) is 10.9 Å². The summed E-state index contributed by atoms with van der Waals surface area (Å²) in [4.78, 5) is 4.74. The van der Waals surface area contributed by atoms with Crippen molar-refractivity contribution in [3.8, 4) is 0 Å². The molecule has 4 rings (SSSR count). The second kappa shape index (κ2) is 5.43. The van der Waals surface area contributed by atoms with Gasteiger partial charge < -0.3 is 11.1 Å². The maximum absolute atomic E-state index is 5.69. The minimum atomic E-state index is 0.365. The summed E-state index contributed by atoms with van der Waals surface area (Å²) >= 11 is 0. The molecule has 1 unspecified atom stereocenters. The van der Waals surface area contributed by atoms with Crippen LogP contribution < -0.4 is 11.1 Å². The lowest BCUT2D eigenvalue weighted by molar-refractivity contribution is 0.758. The molecule has 0 amide bonds. The summed E-state index contributed by atoms with van der Waals surface area (Å²) < 4.78 is 0. The third-order valence-electron chi connectivity index (χ3n) is 4.44. The van der Waals surface area contributed by atoms with E-state index in [2.05, 4.69) is 47.8 Å². The Morgan fingerprint density at radius 1 is 1.09 bits per heavy atom. The van der Waals surface area contributed by atoms with Gasteiger partial charge >= 0.3 is 0 Å². The maximum atomic E-state index is 5.69. The predicted molar refractivity (Wildman–Crippen MR) is 90.8 cm³/mol. The number of pyridine rings is 1. The smallest absolute Gasteiger partial charge is 0.127 e. The number of fused-ring (bicyclic) bond motifs is 2. The van der Waals surface area contributed by atoms with Crippen molar-refractivity contribution in [2.75, 3.05) is 5.32 Å². The van der Waals surface area contributed by atoms with Gasteiger partial charge in [-0.3, -0.25) is 0 Å². The highest BCUT2D eigenvalue weighted by molar-refractivity contribution is 5.81. The van der Waals surface area contributed by atoms with Crippen molar-refractivity contribution in [2.24, 2.45) is 5.73 Å². The minimum Gasteiger partial charge on any atom is -0.363 e. The van der Waals surface area contributed by atoms with Gasteiger partial charge in [-0.1, -0.05) is 30.3 Å². The van der Waals surface area contributed by atoms with Crippen LogP contribution in [-0.2, 0) is 13.0 Å². The van der Waals surface area contributed by atoms with Gasteiger partial charge in [-0.05, 0) is 53.8 Å². The Hall–Kier alpha value is -2.39. The first-order chi connectivity index (χ1) is 10.8. The number of hydrogen-bond acceptors (Lipinski definition) is 3. The van der Waals surface area contributed by atoms with Crippen LogP contribution in [0.2, 0.25) is 0 Å². The summed E-state index contributed by atoms with van der Waals surface area (Å²) in [6.45, 7) is 0.564. The Kier molecular flexibility index (Phi) is 3.28. The third-order valence-corrected chi connectivity index (χ3v) is 4.44. The van der Waals surface area contributed by atoms with Crippen LogP contribution >= 0.6 is 0 Å². The fourth-order valence-electron chi connectivity index (χ4n) is 3.27. The molecular weight excluding hydrogens is 270 g/mol. The van der Waals surface area contributed by atoms with Crippen molar-refractivity contribution in [3.63, 3.8) is 0 Å². The van der Waals surface area contributed by atoms with Crippen LogP contribution in [0, 0.1) is 0 Å². The SMILES string of the molecule is NCc1ccc2nc(NC3CCc4ccccc43)ccc2c1. The van der Waals surface area contributed by atoms with E-state index in [1.807, 2.05) is 12.1 Å². The van der Waals surface area contributed by atoms with E-state index in [0.717, 1.165) is 35.1 Å². The van der Waals surface area contributed by atoms with Crippen LogP contribution in [0.4, 0.5) is 5.82 Å². The molecule has 3 N–H and O–H groups in total. The molecule has 2 aromatic carbocycles. The number of rotatable bonds is 3. The number of aryl methyl sites for hydroxylation is 1. The van der Waals surface area contributed by atoms with Gasteiger partial charge in [0.2, 0.25) is 0 Å². The second-order valence-corrected chi connectivity index (χ2v) is 5.86. The molecule has 22 heavy (non-hydrogen) atoms. The zero-order chi connectivity index (χ0) is 14.9. The van der Waals surface area contributed by atoms with Crippen molar-refractivity contribution < 1.29 is 0 Å². The van der Waals surface area contributed by atoms with Crippen molar-refractivity contribution >= 4 is 16.7 Å². The Morgan fingerprint density at radius 2 is 2.00 bits per heavy atom. The average Bonchev–Trinajstić information content (AvgIpc) is 2.97. The van der Waals surface area contributed by atoms with Crippen LogP contribution in [0.5, 0.6) is 0 Å². The summed E-state index contributed by atoms with van der Waals surface area (Å²) in [7, 11) is 0. The number of nitrogens with two attached hydrogens (primary N) is 1. The van der Waals surface area contributed by atoms with Gasteiger partial charge in [-0.25, -0.2) is 4.98 Å². The number of anilines is 1. The first-order valence-electron chi connectivity index (χ1n) is 7.77. The quantitative estimate of drug-likeness (QED) is 0.771. The van der Waals surface area contributed by atoms with E-state index in [0.29, 0.717) is 12.6 Å². The topological polar surface area (TPSA) is 50.9 Å². The Morgan fingerprint density at radius 3 is 2.91 bits per heavy atom. The van der Waals surface area contributed by atoms with Gasteiger partial charge in [-0.15, -0.1) is 0 Å². The minimum absolute atomic E-state index is 0.365. The Bertz CT molecular complexity index is 826. The molecule has 3 nitrogen and oxygen atoms in total. The predicted octanol–water partition coefficient (Wildman–Crippen LogP) is 3.79. The largest absolute Gasteiger partial charge is 0.363 e. The van der Waals surface area contributed by atoms with E-state index in [-0.39, 0.29) is 0 Å². The summed E-state index contributed by atoms with van der Waals surface area (Å²) in [6, 6.07) is 19.4. The molecule has 0 bridgehead atoms. The van der Waals surface area contributed by atoms with Gasteiger partial charge in [0.25, 0.3) is 0 Å². The number of aromatic nitrogens is 1. The molecular formula is C19H19N3. The molecule has 110 valence electrons. The first kappa shape index (κ1) is 13.3. The van der Waals surface area contributed by atoms with E-state index in [4.69, 9.17) is 10.7 Å². The number of nitrogens with zero attached hydrogens (tertiary/aromatic N) is 1. The maximum Gasteiger partial charge on any atom is 0.127 e. The lowest BCUT2D eigenvalue weighted by Gasteiger charge is -2.15. The molecule has 0 fully saturated rings. The van der Waals surface area contributed by atoms with E-state index in [1.54, 1.807) is 0 Å². The number of hydrogen-bond donors (Lipinski definition) is 2. The summed E-state index contributed by atoms with van der Waals surface area (Å²) in [5, 5.41) is 4.72. The Balaban J connectivity index is 1.63.